The highest BCUT2D eigenvalue weighted by Gasteiger charge is 2.42. The molecule has 6 nitrogen and oxygen atoms in total. The topological polar surface area (TPSA) is 74.8 Å². The van der Waals surface area contributed by atoms with Crippen molar-refractivity contribution >= 4 is 21.8 Å². The molecule has 1 aliphatic rings. The first kappa shape index (κ1) is 16.2. The number of nitrogens with zero attached hydrogens (tertiary/aromatic N) is 2. The van der Waals surface area contributed by atoms with E-state index in [4.69, 9.17) is 0 Å². The van der Waals surface area contributed by atoms with E-state index in [-0.39, 0.29) is 10.5 Å². The van der Waals surface area contributed by atoms with Crippen LogP contribution in [0.15, 0.2) is 41.3 Å². The van der Waals surface area contributed by atoms with Gasteiger partial charge < -0.3 is 4.90 Å². The highest BCUT2D eigenvalue weighted by molar-refractivity contribution is 7.90. The van der Waals surface area contributed by atoms with Crippen molar-refractivity contribution in [1.82, 2.24) is 9.21 Å². The molecule has 1 heterocycles. The summed E-state index contributed by atoms with van der Waals surface area (Å²) in [4.78, 5) is 25.9. The molecule has 0 atom stereocenters. The van der Waals surface area contributed by atoms with Gasteiger partial charge in [-0.15, -0.1) is 0 Å². The minimum atomic E-state index is -3.95. The Morgan fingerprint density at radius 2 is 1.95 bits per heavy atom. The first-order valence-electron chi connectivity index (χ1n) is 6.87. The standard InChI is InChI=1S/C15H18N2O4S/c1-4-16(9-11(2)3)14(18)10-17-15(19)12-7-5-6-8-13(12)22(17,20)21/h5-8H,2,4,9-10H2,1,3H3. The molecule has 0 bridgehead atoms. The Labute approximate surface area is 130 Å². The summed E-state index contributed by atoms with van der Waals surface area (Å²) in [7, 11) is -3.95. The van der Waals surface area contributed by atoms with Gasteiger partial charge in [-0.2, -0.15) is 0 Å². The van der Waals surface area contributed by atoms with Crippen molar-refractivity contribution < 1.29 is 18.0 Å². The molecule has 0 fully saturated rings. The second-order valence-corrected chi connectivity index (χ2v) is 7.01. The van der Waals surface area contributed by atoms with Gasteiger partial charge in [-0.1, -0.05) is 24.3 Å². The van der Waals surface area contributed by atoms with Crippen LogP contribution in [0.1, 0.15) is 24.2 Å². The highest BCUT2D eigenvalue weighted by atomic mass is 32.2. The van der Waals surface area contributed by atoms with Gasteiger partial charge in [-0.25, -0.2) is 12.7 Å². The number of carbonyl (C=O) groups excluding carboxylic acids is 2. The van der Waals surface area contributed by atoms with Crippen LogP contribution in [0.3, 0.4) is 0 Å². The zero-order chi connectivity index (χ0) is 16.5. The molecule has 22 heavy (non-hydrogen) atoms. The Morgan fingerprint density at radius 3 is 2.50 bits per heavy atom. The van der Waals surface area contributed by atoms with E-state index in [0.29, 0.717) is 17.4 Å². The van der Waals surface area contributed by atoms with Gasteiger partial charge in [0.25, 0.3) is 15.9 Å². The maximum absolute atomic E-state index is 12.4. The predicted molar refractivity (Wildman–Crippen MR) is 81.7 cm³/mol. The fraction of sp³-hybridized carbons (Fsp3) is 0.333. The van der Waals surface area contributed by atoms with Crippen LogP contribution in [0.5, 0.6) is 0 Å². The van der Waals surface area contributed by atoms with E-state index in [1.807, 2.05) is 0 Å². The number of hydrogen-bond donors (Lipinski definition) is 0. The number of rotatable bonds is 5. The first-order valence-corrected chi connectivity index (χ1v) is 8.31. The second kappa shape index (κ2) is 5.92. The summed E-state index contributed by atoms with van der Waals surface area (Å²) in [6.45, 7) is 7.58. The first-order chi connectivity index (χ1) is 10.3. The Morgan fingerprint density at radius 1 is 1.32 bits per heavy atom. The van der Waals surface area contributed by atoms with Crippen LogP contribution in [-0.4, -0.2) is 49.1 Å². The molecule has 0 unspecified atom stereocenters. The Kier molecular flexibility index (Phi) is 4.37. The van der Waals surface area contributed by atoms with E-state index in [1.54, 1.807) is 26.0 Å². The normalized spacial score (nSPS) is 15.5. The molecule has 0 spiro atoms. The Hall–Kier alpha value is -2.15. The third kappa shape index (κ3) is 2.76. The molecular formula is C15H18N2O4S. The van der Waals surface area contributed by atoms with Crippen LogP contribution in [0.2, 0.25) is 0 Å². The lowest BCUT2D eigenvalue weighted by Crippen LogP contribution is -2.43. The largest absolute Gasteiger partial charge is 0.337 e. The van der Waals surface area contributed by atoms with Gasteiger partial charge in [-0.3, -0.25) is 9.59 Å². The molecule has 0 aliphatic carbocycles. The van der Waals surface area contributed by atoms with Crippen molar-refractivity contribution in [1.29, 1.82) is 0 Å². The van der Waals surface area contributed by atoms with E-state index >= 15 is 0 Å². The van der Waals surface area contributed by atoms with Gasteiger partial charge in [0.15, 0.2) is 0 Å². The number of hydrogen-bond acceptors (Lipinski definition) is 4. The lowest BCUT2D eigenvalue weighted by Gasteiger charge is -2.23. The fourth-order valence-corrected chi connectivity index (χ4v) is 3.83. The zero-order valence-electron chi connectivity index (χ0n) is 12.6. The fourth-order valence-electron chi connectivity index (χ4n) is 2.31. The van der Waals surface area contributed by atoms with E-state index < -0.39 is 28.4 Å². The van der Waals surface area contributed by atoms with Crippen LogP contribution < -0.4 is 0 Å². The SMILES string of the molecule is C=C(C)CN(CC)C(=O)CN1C(=O)c2ccccc2S1(=O)=O. The number of carbonyl (C=O) groups is 2. The molecule has 0 N–H and O–H groups in total. The maximum Gasteiger partial charge on any atom is 0.269 e. The van der Waals surface area contributed by atoms with Crippen LogP contribution in [-0.2, 0) is 14.8 Å². The van der Waals surface area contributed by atoms with Gasteiger partial charge in [0, 0.05) is 13.1 Å². The molecule has 0 aromatic heterocycles. The van der Waals surface area contributed by atoms with Gasteiger partial charge in [0.2, 0.25) is 5.91 Å². The van der Waals surface area contributed by atoms with Gasteiger partial charge in [0.1, 0.15) is 11.4 Å². The zero-order valence-corrected chi connectivity index (χ0v) is 13.4. The Balaban J connectivity index is 2.26. The summed E-state index contributed by atoms with van der Waals surface area (Å²) in [5.74, 6) is -1.08. The molecule has 0 radical (unpaired) electrons. The summed E-state index contributed by atoms with van der Waals surface area (Å²) >= 11 is 0. The van der Waals surface area contributed by atoms with E-state index in [2.05, 4.69) is 6.58 Å². The summed E-state index contributed by atoms with van der Waals surface area (Å²) in [5, 5.41) is 0. The van der Waals surface area contributed by atoms with Crippen molar-refractivity contribution in [3.05, 3.63) is 42.0 Å². The maximum atomic E-state index is 12.4. The van der Waals surface area contributed by atoms with Crippen LogP contribution in [0, 0.1) is 0 Å². The molecule has 2 rings (SSSR count). The number of sulfonamides is 1. The smallest absolute Gasteiger partial charge is 0.269 e. The molecule has 118 valence electrons. The number of amides is 2. The quantitative estimate of drug-likeness (QED) is 0.765. The minimum Gasteiger partial charge on any atom is -0.337 e. The van der Waals surface area contributed by atoms with Crippen molar-refractivity contribution in [2.45, 2.75) is 18.7 Å². The minimum absolute atomic E-state index is 0.0456. The molecule has 1 aromatic carbocycles. The molecular weight excluding hydrogens is 304 g/mol. The van der Waals surface area contributed by atoms with Crippen molar-refractivity contribution in [2.75, 3.05) is 19.6 Å². The highest BCUT2D eigenvalue weighted by Crippen LogP contribution is 2.29. The van der Waals surface area contributed by atoms with Gasteiger partial charge >= 0.3 is 0 Å². The third-order valence-electron chi connectivity index (χ3n) is 3.39. The van der Waals surface area contributed by atoms with E-state index in [0.717, 1.165) is 5.57 Å². The predicted octanol–water partition coefficient (Wildman–Crippen LogP) is 1.26. The molecule has 2 amide bonds. The van der Waals surface area contributed by atoms with Crippen molar-refractivity contribution in [3.8, 4) is 0 Å². The van der Waals surface area contributed by atoms with E-state index in [9.17, 15) is 18.0 Å². The van der Waals surface area contributed by atoms with Crippen molar-refractivity contribution in [2.24, 2.45) is 0 Å². The molecule has 0 saturated carbocycles. The van der Waals surface area contributed by atoms with E-state index in [1.165, 1.54) is 17.0 Å². The van der Waals surface area contributed by atoms with Crippen LogP contribution >= 0.6 is 0 Å². The van der Waals surface area contributed by atoms with Gasteiger partial charge in [0.05, 0.1) is 5.56 Å². The van der Waals surface area contributed by atoms with Gasteiger partial charge in [-0.05, 0) is 26.0 Å². The van der Waals surface area contributed by atoms with Crippen LogP contribution in [0.25, 0.3) is 0 Å². The average molecular weight is 322 g/mol. The third-order valence-corrected chi connectivity index (χ3v) is 5.17. The second-order valence-electron chi connectivity index (χ2n) is 5.18. The summed E-state index contributed by atoms with van der Waals surface area (Å²) in [5.41, 5.74) is 0.896. The Bertz CT molecular complexity index is 740. The molecule has 1 aromatic rings. The lowest BCUT2D eigenvalue weighted by atomic mass is 10.2. The summed E-state index contributed by atoms with van der Waals surface area (Å²) < 4.78 is 25.4. The number of likely N-dealkylation sites (N-methyl/N-ethyl adjacent to an activating group) is 1. The molecule has 1 aliphatic heterocycles. The lowest BCUT2D eigenvalue weighted by molar-refractivity contribution is -0.130. The molecule has 7 heteroatoms. The monoisotopic (exact) mass is 322 g/mol. The molecule has 0 saturated heterocycles. The number of benzene rings is 1. The van der Waals surface area contributed by atoms with Crippen molar-refractivity contribution in [3.63, 3.8) is 0 Å². The van der Waals surface area contributed by atoms with Crippen LogP contribution in [0.4, 0.5) is 0 Å². The number of fused-ring (bicyclic) bond motifs is 1. The average Bonchev–Trinajstić information content (AvgIpc) is 2.66. The summed E-state index contributed by atoms with van der Waals surface area (Å²) in [6, 6.07) is 5.97. The summed E-state index contributed by atoms with van der Waals surface area (Å²) in [6.07, 6.45) is 0.